The molecule has 0 radical (unpaired) electrons. The van der Waals surface area contributed by atoms with Gasteiger partial charge in [-0.3, -0.25) is 9.59 Å². The van der Waals surface area contributed by atoms with E-state index in [-0.39, 0.29) is 31.0 Å². The van der Waals surface area contributed by atoms with Gasteiger partial charge in [0, 0.05) is 18.8 Å². The molecule has 0 aromatic heterocycles. The van der Waals surface area contributed by atoms with E-state index in [0.717, 1.165) is 11.3 Å². The Morgan fingerprint density at radius 1 is 1.18 bits per heavy atom. The van der Waals surface area contributed by atoms with Crippen LogP contribution in [0.15, 0.2) is 54.6 Å². The fraction of sp³-hybridized carbons (Fsp3) is 0.318. The Morgan fingerprint density at radius 3 is 2.54 bits per heavy atom. The van der Waals surface area contributed by atoms with Crippen LogP contribution in [0.2, 0.25) is 0 Å². The number of hydrogen-bond donors (Lipinski definition) is 0. The van der Waals surface area contributed by atoms with Crippen molar-refractivity contribution in [3.8, 4) is 6.07 Å². The van der Waals surface area contributed by atoms with E-state index in [2.05, 4.69) is 6.07 Å². The van der Waals surface area contributed by atoms with Crippen molar-refractivity contribution in [1.82, 2.24) is 4.90 Å². The highest BCUT2D eigenvalue weighted by Crippen LogP contribution is 2.23. The van der Waals surface area contributed by atoms with E-state index in [1.807, 2.05) is 37.3 Å². The third kappa shape index (κ3) is 4.56. The molecule has 2 aromatic rings. The maximum atomic E-state index is 12.8. The summed E-state index contributed by atoms with van der Waals surface area (Å²) in [6, 6.07) is 18.8. The van der Waals surface area contributed by atoms with Crippen LogP contribution in [0.25, 0.3) is 0 Å². The van der Waals surface area contributed by atoms with Crippen molar-refractivity contribution in [2.24, 2.45) is 0 Å². The Labute approximate surface area is 164 Å². The van der Waals surface area contributed by atoms with Crippen LogP contribution >= 0.6 is 0 Å². The van der Waals surface area contributed by atoms with Gasteiger partial charge in [0.15, 0.2) is 0 Å². The number of anilines is 1. The number of carbonyl (C=O) groups is 2. The predicted octanol–water partition coefficient (Wildman–Crippen LogP) is 2.38. The van der Waals surface area contributed by atoms with Crippen LogP contribution in [0.5, 0.6) is 0 Å². The molecule has 6 nitrogen and oxygen atoms in total. The molecule has 28 heavy (non-hydrogen) atoms. The van der Waals surface area contributed by atoms with Crippen LogP contribution in [0.1, 0.15) is 18.1 Å². The van der Waals surface area contributed by atoms with E-state index in [9.17, 15) is 9.59 Å². The summed E-state index contributed by atoms with van der Waals surface area (Å²) in [5, 5.41) is 8.98. The van der Waals surface area contributed by atoms with E-state index in [4.69, 9.17) is 10.00 Å². The van der Waals surface area contributed by atoms with Crippen LogP contribution in [0.3, 0.4) is 0 Å². The quantitative estimate of drug-likeness (QED) is 0.775. The predicted molar refractivity (Wildman–Crippen MR) is 106 cm³/mol. The normalized spacial score (nSPS) is 16.7. The topological polar surface area (TPSA) is 73.6 Å². The number of benzene rings is 2. The average molecular weight is 377 g/mol. The van der Waals surface area contributed by atoms with Crippen molar-refractivity contribution >= 4 is 17.5 Å². The van der Waals surface area contributed by atoms with E-state index < -0.39 is 0 Å². The lowest BCUT2D eigenvalue weighted by Gasteiger charge is -2.41. The number of piperazine rings is 1. The van der Waals surface area contributed by atoms with Crippen molar-refractivity contribution in [2.45, 2.75) is 19.4 Å². The molecule has 1 unspecified atom stereocenters. The van der Waals surface area contributed by atoms with Crippen LogP contribution in [-0.2, 0) is 20.7 Å². The smallest absolute Gasteiger partial charge is 0.249 e. The lowest BCUT2D eigenvalue weighted by molar-refractivity contribution is -0.143. The Morgan fingerprint density at radius 2 is 1.89 bits per heavy atom. The maximum Gasteiger partial charge on any atom is 0.249 e. The molecule has 1 heterocycles. The molecule has 2 amide bonds. The summed E-state index contributed by atoms with van der Waals surface area (Å²) in [4.78, 5) is 28.7. The Hall–Kier alpha value is -3.17. The second kappa shape index (κ2) is 9.16. The van der Waals surface area contributed by atoms with E-state index >= 15 is 0 Å². The zero-order chi connectivity index (χ0) is 19.9. The van der Waals surface area contributed by atoms with Gasteiger partial charge >= 0.3 is 0 Å². The highest BCUT2D eigenvalue weighted by Gasteiger charge is 2.35. The van der Waals surface area contributed by atoms with Gasteiger partial charge in [0.25, 0.3) is 0 Å². The summed E-state index contributed by atoms with van der Waals surface area (Å²) in [5.74, 6) is -0.311. The number of carbonyl (C=O) groups excluding carboxylic acids is 2. The molecule has 0 bridgehead atoms. The summed E-state index contributed by atoms with van der Waals surface area (Å²) in [6.45, 7) is 2.68. The number of ether oxygens (including phenoxy) is 1. The Balaban J connectivity index is 1.83. The summed E-state index contributed by atoms with van der Waals surface area (Å²) in [6.07, 6.45) is 0.652. The van der Waals surface area contributed by atoms with Gasteiger partial charge in [-0.2, -0.15) is 5.26 Å². The van der Waals surface area contributed by atoms with Gasteiger partial charge in [0.05, 0.1) is 17.7 Å². The highest BCUT2D eigenvalue weighted by atomic mass is 16.5. The molecule has 0 aliphatic carbocycles. The van der Waals surface area contributed by atoms with Crippen molar-refractivity contribution < 1.29 is 14.3 Å². The minimum Gasteiger partial charge on any atom is -0.372 e. The molecular weight excluding hydrogens is 354 g/mol. The van der Waals surface area contributed by atoms with Gasteiger partial charge in [0.2, 0.25) is 11.8 Å². The van der Waals surface area contributed by atoms with Crippen molar-refractivity contribution in [3.63, 3.8) is 0 Å². The molecule has 0 spiro atoms. The molecule has 1 saturated heterocycles. The standard InChI is InChI=1S/C22H23N3O3/c1-2-28-16-22(27)25-15-21(26)24(19-10-8-18(13-23)9-11-19)14-20(25)12-17-6-4-3-5-7-17/h3-11,20H,2,12,14-16H2,1H3. The number of rotatable bonds is 6. The second-order valence-corrected chi connectivity index (χ2v) is 6.67. The summed E-state index contributed by atoms with van der Waals surface area (Å²) in [7, 11) is 0. The van der Waals surface area contributed by atoms with Gasteiger partial charge in [-0.1, -0.05) is 30.3 Å². The Bertz CT molecular complexity index is 859. The van der Waals surface area contributed by atoms with Gasteiger partial charge in [0.1, 0.15) is 13.2 Å². The van der Waals surface area contributed by atoms with Crippen LogP contribution in [0, 0.1) is 11.3 Å². The van der Waals surface area contributed by atoms with Gasteiger partial charge in [-0.15, -0.1) is 0 Å². The number of nitrogens with zero attached hydrogens (tertiary/aromatic N) is 3. The van der Waals surface area contributed by atoms with Gasteiger partial charge < -0.3 is 14.5 Å². The van der Waals surface area contributed by atoms with E-state index in [1.54, 1.807) is 34.1 Å². The molecule has 1 atom stereocenters. The first-order chi connectivity index (χ1) is 13.6. The van der Waals surface area contributed by atoms with Crippen LogP contribution < -0.4 is 4.90 Å². The van der Waals surface area contributed by atoms with Crippen molar-refractivity contribution in [1.29, 1.82) is 5.26 Å². The number of nitriles is 1. The molecule has 1 aliphatic heterocycles. The van der Waals surface area contributed by atoms with E-state index in [1.165, 1.54) is 0 Å². The van der Waals surface area contributed by atoms with Crippen molar-refractivity contribution in [2.75, 3.05) is 31.2 Å². The lowest BCUT2D eigenvalue weighted by atomic mass is 10.0. The molecule has 1 aliphatic rings. The SMILES string of the molecule is CCOCC(=O)N1CC(=O)N(c2ccc(C#N)cc2)CC1Cc1ccccc1. The first kappa shape index (κ1) is 19.6. The fourth-order valence-corrected chi connectivity index (χ4v) is 3.36. The monoisotopic (exact) mass is 377 g/mol. The van der Waals surface area contributed by atoms with Gasteiger partial charge in [-0.25, -0.2) is 0 Å². The Kier molecular flexibility index (Phi) is 6.41. The zero-order valence-corrected chi connectivity index (χ0v) is 15.9. The molecular formula is C22H23N3O3. The summed E-state index contributed by atoms with van der Waals surface area (Å²) < 4.78 is 5.27. The fourth-order valence-electron chi connectivity index (χ4n) is 3.36. The molecule has 2 aromatic carbocycles. The average Bonchev–Trinajstić information content (AvgIpc) is 2.74. The summed E-state index contributed by atoms with van der Waals surface area (Å²) >= 11 is 0. The minimum atomic E-state index is -0.171. The second-order valence-electron chi connectivity index (χ2n) is 6.67. The lowest BCUT2D eigenvalue weighted by Crippen LogP contribution is -2.59. The van der Waals surface area contributed by atoms with Crippen molar-refractivity contribution in [3.05, 3.63) is 65.7 Å². The third-order valence-electron chi connectivity index (χ3n) is 4.81. The molecule has 0 N–H and O–H groups in total. The maximum absolute atomic E-state index is 12.8. The minimum absolute atomic E-state index is 0.0173. The molecule has 1 fully saturated rings. The first-order valence-electron chi connectivity index (χ1n) is 9.34. The summed E-state index contributed by atoms with van der Waals surface area (Å²) in [5.41, 5.74) is 2.39. The first-order valence-corrected chi connectivity index (χ1v) is 9.34. The van der Waals surface area contributed by atoms with Crippen LogP contribution in [0.4, 0.5) is 5.69 Å². The number of amides is 2. The van der Waals surface area contributed by atoms with E-state index in [0.29, 0.717) is 25.1 Å². The molecule has 144 valence electrons. The largest absolute Gasteiger partial charge is 0.372 e. The number of hydrogen-bond acceptors (Lipinski definition) is 4. The molecule has 6 heteroatoms. The van der Waals surface area contributed by atoms with Crippen LogP contribution in [-0.4, -0.2) is 49.1 Å². The zero-order valence-electron chi connectivity index (χ0n) is 15.9. The molecule has 0 saturated carbocycles. The third-order valence-corrected chi connectivity index (χ3v) is 4.81. The highest BCUT2D eigenvalue weighted by molar-refractivity contribution is 5.98. The van der Waals surface area contributed by atoms with Gasteiger partial charge in [-0.05, 0) is 43.2 Å². The molecule has 3 rings (SSSR count).